The first kappa shape index (κ1) is 11.9. The van der Waals surface area contributed by atoms with Gasteiger partial charge in [-0.05, 0) is 23.8 Å². The summed E-state index contributed by atoms with van der Waals surface area (Å²) >= 11 is 8.45. The fourth-order valence-corrected chi connectivity index (χ4v) is 1.70. The molecular weight excluding hydrogens is 274 g/mol. The maximum atomic E-state index is 12.9. The lowest BCUT2D eigenvalue weighted by molar-refractivity contribution is 0.0325. The third kappa shape index (κ3) is 2.92. The predicted molar refractivity (Wildman–Crippen MR) is 55.8 cm³/mol. The number of benzene rings is 1. The highest BCUT2D eigenvalue weighted by Gasteiger charge is 2.18. The standard InChI is InChI=1S/C9H9BrClFO2/c10-6-1-5(2-7(12)3-6)9(14)8(13)4-11/h1-3,8-9,13-14H,4H2. The van der Waals surface area contributed by atoms with Gasteiger partial charge in [-0.2, -0.15) is 0 Å². The van der Waals surface area contributed by atoms with E-state index in [-0.39, 0.29) is 5.88 Å². The molecule has 78 valence electrons. The van der Waals surface area contributed by atoms with Gasteiger partial charge in [0.2, 0.25) is 0 Å². The molecule has 0 spiro atoms. The van der Waals surface area contributed by atoms with E-state index in [1.54, 1.807) is 0 Å². The maximum Gasteiger partial charge on any atom is 0.124 e. The second-order valence-corrected chi connectivity index (χ2v) is 4.09. The summed E-state index contributed by atoms with van der Waals surface area (Å²) in [7, 11) is 0. The highest BCUT2D eigenvalue weighted by Crippen LogP contribution is 2.23. The lowest BCUT2D eigenvalue weighted by atomic mass is 10.1. The summed E-state index contributed by atoms with van der Waals surface area (Å²) in [6, 6.07) is 3.96. The molecule has 0 aliphatic heterocycles. The summed E-state index contributed by atoms with van der Waals surface area (Å²) in [6.45, 7) is 0. The Morgan fingerprint density at radius 3 is 2.50 bits per heavy atom. The van der Waals surface area contributed by atoms with Gasteiger partial charge in [-0.3, -0.25) is 0 Å². The van der Waals surface area contributed by atoms with Crippen molar-refractivity contribution in [2.75, 3.05) is 5.88 Å². The third-order valence-electron chi connectivity index (χ3n) is 1.75. The van der Waals surface area contributed by atoms with Crippen LogP contribution in [0.15, 0.2) is 22.7 Å². The van der Waals surface area contributed by atoms with Crippen LogP contribution in [-0.4, -0.2) is 22.2 Å². The van der Waals surface area contributed by atoms with E-state index in [0.717, 1.165) is 6.07 Å². The molecule has 0 radical (unpaired) electrons. The van der Waals surface area contributed by atoms with Gasteiger partial charge in [-0.1, -0.05) is 15.9 Å². The number of hydrogen-bond acceptors (Lipinski definition) is 2. The highest BCUT2D eigenvalue weighted by molar-refractivity contribution is 9.10. The molecule has 0 amide bonds. The second kappa shape index (κ2) is 5.07. The number of aliphatic hydroxyl groups excluding tert-OH is 2. The zero-order chi connectivity index (χ0) is 10.7. The van der Waals surface area contributed by atoms with Gasteiger partial charge in [-0.25, -0.2) is 4.39 Å². The first-order valence-electron chi connectivity index (χ1n) is 3.92. The fourth-order valence-electron chi connectivity index (χ4n) is 1.05. The molecule has 2 atom stereocenters. The molecule has 0 aliphatic carbocycles. The first-order valence-corrected chi connectivity index (χ1v) is 5.25. The van der Waals surface area contributed by atoms with Gasteiger partial charge in [0.25, 0.3) is 0 Å². The second-order valence-electron chi connectivity index (χ2n) is 2.87. The number of hydrogen-bond donors (Lipinski definition) is 2. The van der Waals surface area contributed by atoms with Crippen LogP contribution in [0.25, 0.3) is 0 Å². The molecule has 1 aromatic rings. The van der Waals surface area contributed by atoms with Gasteiger partial charge in [0.1, 0.15) is 11.9 Å². The molecule has 5 heteroatoms. The van der Waals surface area contributed by atoms with Gasteiger partial charge in [0.05, 0.1) is 12.0 Å². The molecule has 0 saturated carbocycles. The monoisotopic (exact) mass is 282 g/mol. The summed E-state index contributed by atoms with van der Waals surface area (Å²) in [5.74, 6) is -0.579. The van der Waals surface area contributed by atoms with Crippen LogP contribution in [0.2, 0.25) is 0 Å². The van der Waals surface area contributed by atoms with Crippen molar-refractivity contribution in [2.24, 2.45) is 0 Å². The first-order chi connectivity index (χ1) is 6.54. The molecular formula is C9H9BrClFO2. The van der Waals surface area contributed by atoms with Crippen molar-refractivity contribution in [3.8, 4) is 0 Å². The van der Waals surface area contributed by atoms with Crippen LogP contribution in [0.5, 0.6) is 0 Å². The van der Waals surface area contributed by atoms with Gasteiger partial charge in [-0.15, -0.1) is 11.6 Å². The van der Waals surface area contributed by atoms with E-state index in [0.29, 0.717) is 10.0 Å². The van der Waals surface area contributed by atoms with Gasteiger partial charge < -0.3 is 10.2 Å². The molecule has 1 rings (SSSR count). The minimum absolute atomic E-state index is 0.102. The van der Waals surface area contributed by atoms with Gasteiger partial charge >= 0.3 is 0 Å². The average molecular weight is 284 g/mol. The van der Waals surface area contributed by atoms with Gasteiger partial charge in [0, 0.05) is 4.47 Å². The largest absolute Gasteiger partial charge is 0.389 e. The van der Waals surface area contributed by atoms with Crippen LogP contribution in [0.4, 0.5) is 4.39 Å². The number of rotatable bonds is 3. The smallest absolute Gasteiger partial charge is 0.124 e. The van der Waals surface area contributed by atoms with Crippen molar-refractivity contribution in [2.45, 2.75) is 12.2 Å². The maximum absolute atomic E-state index is 12.9. The van der Waals surface area contributed by atoms with Crippen LogP contribution < -0.4 is 0 Å². The number of alkyl halides is 1. The molecule has 14 heavy (non-hydrogen) atoms. The molecule has 0 saturated heterocycles. The van der Waals surface area contributed by atoms with E-state index in [4.69, 9.17) is 11.6 Å². The Kier molecular flexibility index (Phi) is 4.31. The van der Waals surface area contributed by atoms with Crippen molar-refractivity contribution < 1.29 is 14.6 Å². The fraction of sp³-hybridized carbons (Fsp3) is 0.333. The Morgan fingerprint density at radius 1 is 1.36 bits per heavy atom. The van der Waals surface area contributed by atoms with Crippen molar-refractivity contribution in [1.82, 2.24) is 0 Å². The minimum atomic E-state index is -1.17. The van der Waals surface area contributed by atoms with Crippen LogP contribution >= 0.6 is 27.5 Å². The minimum Gasteiger partial charge on any atom is -0.389 e. The topological polar surface area (TPSA) is 40.5 Å². The van der Waals surface area contributed by atoms with E-state index in [9.17, 15) is 14.6 Å². The molecule has 0 heterocycles. The SMILES string of the molecule is OC(CCl)C(O)c1cc(F)cc(Br)c1. The van der Waals surface area contributed by atoms with Crippen molar-refractivity contribution in [1.29, 1.82) is 0 Å². The molecule has 0 aromatic heterocycles. The Morgan fingerprint density at radius 2 is 2.00 bits per heavy atom. The average Bonchev–Trinajstić information content (AvgIpc) is 2.14. The van der Waals surface area contributed by atoms with E-state index in [2.05, 4.69) is 15.9 Å². The summed E-state index contributed by atoms with van der Waals surface area (Å²) in [6.07, 6.45) is -2.26. The highest BCUT2D eigenvalue weighted by atomic mass is 79.9. The van der Waals surface area contributed by atoms with Gasteiger partial charge in [0.15, 0.2) is 0 Å². The van der Waals surface area contributed by atoms with Crippen molar-refractivity contribution >= 4 is 27.5 Å². The zero-order valence-electron chi connectivity index (χ0n) is 7.12. The summed E-state index contributed by atoms with van der Waals surface area (Å²) < 4.78 is 13.4. The third-order valence-corrected chi connectivity index (χ3v) is 2.52. The molecule has 2 nitrogen and oxygen atoms in total. The zero-order valence-corrected chi connectivity index (χ0v) is 9.46. The number of aliphatic hydroxyl groups is 2. The molecule has 1 aromatic carbocycles. The molecule has 0 fully saturated rings. The lowest BCUT2D eigenvalue weighted by Crippen LogP contribution is -2.19. The lowest BCUT2D eigenvalue weighted by Gasteiger charge is -2.15. The summed E-state index contributed by atoms with van der Waals surface area (Å²) in [5, 5.41) is 18.8. The van der Waals surface area contributed by atoms with E-state index in [1.165, 1.54) is 12.1 Å². The Bertz CT molecular complexity index is 301. The van der Waals surface area contributed by atoms with Crippen LogP contribution in [-0.2, 0) is 0 Å². The van der Waals surface area contributed by atoms with Crippen LogP contribution in [0, 0.1) is 5.82 Å². The Labute approximate surface area is 94.5 Å². The molecule has 2 N–H and O–H groups in total. The van der Waals surface area contributed by atoms with Crippen LogP contribution in [0.3, 0.4) is 0 Å². The van der Waals surface area contributed by atoms with E-state index >= 15 is 0 Å². The predicted octanol–water partition coefficient (Wildman–Crippen LogP) is 2.22. The van der Waals surface area contributed by atoms with E-state index < -0.39 is 18.0 Å². The normalized spacial score (nSPS) is 15.2. The van der Waals surface area contributed by atoms with E-state index in [1.807, 2.05) is 0 Å². The molecule has 0 bridgehead atoms. The number of halogens is 3. The Balaban J connectivity index is 2.94. The van der Waals surface area contributed by atoms with Crippen molar-refractivity contribution in [3.63, 3.8) is 0 Å². The summed E-state index contributed by atoms with van der Waals surface area (Å²) in [5.41, 5.74) is 0.296. The molecule has 0 aliphatic rings. The summed E-state index contributed by atoms with van der Waals surface area (Å²) in [4.78, 5) is 0. The quantitative estimate of drug-likeness (QED) is 0.835. The Hall–Kier alpha value is -0.160. The van der Waals surface area contributed by atoms with Crippen molar-refractivity contribution in [3.05, 3.63) is 34.1 Å². The van der Waals surface area contributed by atoms with Crippen LogP contribution in [0.1, 0.15) is 11.7 Å². The molecule has 2 unspecified atom stereocenters.